The minimum Gasteiger partial charge on any atom is -0.352 e. The highest BCUT2D eigenvalue weighted by Gasteiger charge is 2.25. The predicted molar refractivity (Wildman–Crippen MR) is 446 cm³/mol. The fourth-order valence-electron chi connectivity index (χ4n) is 14.8. The number of carbonyl (C=O) groups is 4. The second-order valence-electron chi connectivity index (χ2n) is 28.4. The summed E-state index contributed by atoms with van der Waals surface area (Å²) in [5.74, 6) is 0.561. The topological polar surface area (TPSA) is 140 Å². The van der Waals surface area contributed by atoms with Gasteiger partial charge in [0.2, 0.25) is 0 Å². The minimum absolute atomic E-state index is 0.0263. The molecular weight excluding hydrogens is 1300 g/mol. The van der Waals surface area contributed by atoms with Crippen molar-refractivity contribution in [3.63, 3.8) is 0 Å². The van der Waals surface area contributed by atoms with Crippen LogP contribution >= 0.6 is 0 Å². The maximum Gasteiger partial charge on any atom is 0.251 e. The summed E-state index contributed by atoms with van der Waals surface area (Å²) in [6.07, 6.45) is 31.1. The maximum atomic E-state index is 12.6. The van der Waals surface area contributed by atoms with Crippen LogP contribution in [0.5, 0.6) is 0 Å². The van der Waals surface area contributed by atoms with E-state index in [0.717, 1.165) is 190 Å². The van der Waals surface area contributed by atoms with E-state index in [2.05, 4.69) is 229 Å². The Labute approximate surface area is 635 Å². The van der Waals surface area contributed by atoms with E-state index in [-0.39, 0.29) is 23.4 Å². The summed E-state index contributed by atoms with van der Waals surface area (Å²) in [7, 11) is 7.81. The first-order valence-corrected chi connectivity index (χ1v) is 39.9. The molecule has 8 aromatic rings. The number of unbranched alkanes of at least 4 members (excludes halogenated alkanes) is 4. The Morgan fingerprint density at radius 1 is 0.283 bits per heavy atom. The summed E-state index contributed by atoms with van der Waals surface area (Å²) < 4.78 is 0. The van der Waals surface area contributed by atoms with Crippen molar-refractivity contribution in [1.82, 2.24) is 31.9 Å². The number of aryl methyl sites for hydroxylation is 8. The van der Waals surface area contributed by atoms with E-state index in [1.54, 1.807) is 0 Å². The summed E-state index contributed by atoms with van der Waals surface area (Å²) in [5, 5.41) is 18.7. The predicted octanol–water partition coefficient (Wildman–Crippen LogP) is 19.1. The number of rotatable bonds is 28. The highest BCUT2D eigenvalue weighted by molar-refractivity contribution is 6.00. The van der Waals surface area contributed by atoms with Crippen LogP contribution in [0, 0.1) is 0 Å². The molecule has 8 aromatic carbocycles. The molecule has 2 amide bonds. The summed E-state index contributed by atoms with van der Waals surface area (Å²) in [5.41, 5.74) is 29.6. The van der Waals surface area contributed by atoms with E-state index >= 15 is 0 Å². The molecule has 0 aromatic heterocycles. The van der Waals surface area contributed by atoms with Crippen LogP contribution in [0.25, 0.3) is 22.3 Å². The maximum absolute atomic E-state index is 12.6. The van der Waals surface area contributed by atoms with Crippen LogP contribution in [0.1, 0.15) is 248 Å². The number of allylic oxidation sites excluding steroid dienone is 2. The third kappa shape index (κ3) is 22.5. The molecule has 0 heterocycles. The van der Waals surface area contributed by atoms with Crippen molar-refractivity contribution in [3.05, 3.63) is 305 Å². The summed E-state index contributed by atoms with van der Waals surface area (Å²) in [6, 6.07) is 59.9. The highest BCUT2D eigenvalue weighted by Crippen LogP contribution is 2.39. The van der Waals surface area contributed by atoms with E-state index in [1.807, 2.05) is 52.5 Å². The number of benzene rings is 8. The molecule has 0 aliphatic heterocycles. The van der Waals surface area contributed by atoms with Gasteiger partial charge < -0.3 is 31.9 Å². The SMILES string of the molecule is CCC/C=C1\c2ccccc2CCc2cc(C(=O)CCCNC)ccc21.CCC/C=C1\c2ccccc2CCc2ccc(C(=O)NCCCC)cc21.CCCCNC(=O)c1ccc2c(c1)/C(=C\CCNC)c1ccccc1CC2.CNCC/C=C1/c2ccccc2CCc2cc(C(=O)CCCNC)ccc21. The standard InChI is InChI=1S/2C24H30N2O.2C24H29NO/c1-25-15-5-9-23-21-8-4-3-7-18(21)11-12-19-17-20(13-14-22(19)23)24(27)10-6-16-26-2;1-3-4-16-26-24(27)20-14-13-19-12-11-18-8-5-6-9-21(18)22(23(19)17-20)10-7-15-25-2;1-3-4-9-23-21-10-6-5-8-18(21)12-13-19-17-20(14-15-22(19)23)24(26)11-7-16-25-2;1-3-5-10-22-21-11-8-7-9-18(21)12-13-19-14-15-20(17-23(19)22)24(26)25-16-6-4-2/h3-4,7-9,13-14,17,25-26H,5-6,10-12,15-16H2,1-2H3;5-6,8-10,13-14,17,25H,3-4,7,11-12,15-16H2,1-2H3,(H,26,27);5-6,8-10,14-15,17,25H,3-4,7,11-13,16H2,1-2H3;7-11,14-15,17H,3-6,12-13,16H2,1-2H3,(H,25,26)/b23-9-;22-10-;23-9+;22-10+. The van der Waals surface area contributed by atoms with Gasteiger partial charge >= 0.3 is 0 Å². The molecule has 12 rings (SSSR count). The molecule has 0 saturated heterocycles. The number of fused-ring (bicyclic) bond motifs is 8. The van der Waals surface area contributed by atoms with Gasteiger partial charge in [-0.25, -0.2) is 0 Å². The minimum atomic E-state index is 0.0263. The molecule has 0 atom stereocenters. The molecule has 0 fully saturated rings. The van der Waals surface area contributed by atoms with Crippen molar-refractivity contribution in [2.24, 2.45) is 0 Å². The molecule has 6 N–H and O–H groups in total. The average molecular weight is 1420 g/mol. The third-order valence-electron chi connectivity index (χ3n) is 20.7. The Balaban J connectivity index is 0.000000163. The molecule has 0 saturated carbocycles. The van der Waals surface area contributed by atoms with Gasteiger partial charge in [0.15, 0.2) is 11.6 Å². The highest BCUT2D eigenvalue weighted by atomic mass is 16.2. The number of hydrogen-bond acceptors (Lipinski definition) is 8. The molecule has 0 radical (unpaired) electrons. The van der Waals surface area contributed by atoms with Crippen LogP contribution in [-0.2, 0) is 51.4 Å². The van der Waals surface area contributed by atoms with Crippen molar-refractivity contribution in [3.8, 4) is 0 Å². The molecule has 10 heteroatoms. The fourth-order valence-corrected chi connectivity index (χ4v) is 14.8. The zero-order valence-corrected chi connectivity index (χ0v) is 64.9. The first-order valence-electron chi connectivity index (χ1n) is 39.9. The van der Waals surface area contributed by atoms with Gasteiger partial charge in [0, 0.05) is 48.2 Å². The Kier molecular flexibility index (Phi) is 33.2. The van der Waals surface area contributed by atoms with Crippen molar-refractivity contribution >= 4 is 45.7 Å². The second kappa shape index (κ2) is 43.5. The normalized spacial score (nSPS) is 14.5. The van der Waals surface area contributed by atoms with Crippen LogP contribution in [0.3, 0.4) is 0 Å². The van der Waals surface area contributed by atoms with Crippen LogP contribution in [0.4, 0.5) is 0 Å². The molecule has 0 bridgehead atoms. The van der Waals surface area contributed by atoms with Crippen LogP contribution < -0.4 is 31.9 Å². The van der Waals surface area contributed by atoms with Gasteiger partial charge in [-0.3, -0.25) is 19.2 Å². The van der Waals surface area contributed by atoms with Crippen LogP contribution in [0.2, 0.25) is 0 Å². The van der Waals surface area contributed by atoms with Gasteiger partial charge in [0.05, 0.1) is 0 Å². The third-order valence-corrected chi connectivity index (χ3v) is 20.7. The Morgan fingerprint density at radius 3 is 0.906 bits per heavy atom. The second-order valence-corrected chi connectivity index (χ2v) is 28.4. The van der Waals surface area contributed by atoms with E-state index in [0.29, 0.717) is 12.8 Å². The van der Waals surface area contributed by atoms with Crippen molar-refractivity contribution in [2.75, 3.05) is 67.5 Å². The van der Waals surface area contributed by atoms with Gasteiger partial charge in [-0.2, -0.15) is 0 Å². The zero-order chi connectivity index (χ0) is 74.8. The van der Waals surface area contributed by atoms with E-state index in [9.17, 15) is 19.2 Å². The zero-order valence-electron chi connectivity index (χ0n) is 64.9. The van der Waals surface area contributed by atoms with Crippen LogP contribution in [-0.4, -0.2) is 90.8 Å². The van der Waals surface area contributed by atoms with Crippen molar-refractivity contribution < 1.29 is 19.2 Å². The molecule has 556 valence electrons. The van der Waals surface area contributed by atoms with E-state index in [1.165, 1.54) is 111 Å². The monoisotopic (exact) mass is 1420 g/mol. The summed E-state index contributed by atoms with van der Waals surface area (Å²) >= 11 is 0. The Hall–Kier alpha value is -9.16. The first kappa shape index (κ1) is 80.9. The molecule has 0 spiro atoms. The Bertz CT molecular complexity index is 4360. The number of ketones is 2. The number of Topliss-reactive ketones (excluding diaryl/α,β-unsaturated/α-hetero) is 2. The Morgan fingerprint density at radius 2 is 0.575 bits per heavy atom. The molecule has 4 aliphatic carbocycles. The number of hydrogen-bond donors (Lipinski definition) is 6. The van der Waals surface area contributed by atoms with E-state index < -0.39 is 0 Å². The van der Waals surface area contributed by atoms with Crippen molar-refractivity contribution in [1.29, 1.82) is 0 Å². The smallest absolute Gasteiger partial charge is 0.251 e. The van der Waals surface area contributed by atoms with E-state index in [4.69, 9.17) is 0 Å². The largest absolute Gasteiger partial charge is 0.352 e. The summed E-state index contributed by atoms with van der Waals surface area (Å²) in [4.78, 5) is 50.2. The molecular formula is C96H118N6O4. The summed E-state index contributed by atoms with van der Waals surface area (Å²) in [6.45, 7) is 13.8. The van der Waals surface area contributed by atoms with Gasteiger partial charge in [0.1, 0.15) is 0 Å². The van der Waals surface area contributed by atoms with Gasteiger partial charge in [0.25, 0.3) is 11.8 Å². The molecule has 0 unspecified atom stereocenters. The molecule has 10 nitrogen and oxygen atoms in total. The average Bonchev–Trinajstić information content (AvgIpc) is 1.66. The lowest BCUT2D eigenvalue weighted by Crippen LogP contribution is -2.24. The van der Waals surface area contributed by atoms with Crippen LogP contribution in [0.15, 0.2) is 194 Å². The molecule has 106 heavy (non-hydrogen) atoms. The van der Waals surface area contributed by atoms with Gasteiger partial charge in [-0.1, -0.05) is 211 Å². The van der Waals surface area contributed by atoms with Gasteiger partial charge in [-0.05, 0) is 305 Å². The lowest BCUT2D eigenvalue weighted by molar-refractivity contribution is 0.0945. The fraction of sp³-hybridized carbons (Fsp3) is 0.375. The number of nitrogens with one attached hydrogen (secondary N) is 6. The lowest BCUT2D eigenvalue weighted by atomic mass is 9.91. The molecule has 4 aliphatic rings. The number of amides is 2. The van der Waals surface area contributed by atoms with Crippen molar-refractivity contribution in [2.45, 2.75) is 169 Å². The first-order chi connectivity index (χ1) is 52.0. The number of carbonyl (C=O) groups excluding carboxylic acids is 4. The van der Waals surface area contributed by atoms with Gasteiger partial charge in [-0.15, -0.1) is 0 Å². The lowest BCUT2D eigenvalue weighted by Gasteiger charge is -2.14. The quantitative estimate of drug-likeness (QED) is 0.0210.